The first-order chi connectivity index (χ1) is 25.4. The lowest BCUT2D eigenvalue weighted by molar-refractivity contribution is -0.141. The number of aliphatic hydroxyl groups excluding tert-OH is 1. The van der Waals surface area contributed by atoms with Crippen molar-refractivity contribution < 1.29 is 37.3 Å². The van der Waals surface area contributed by atoms with Crippen molar-refractivity contribution >= 4 is 34.5 Å². The molecule has 12 nitrogen and oxygen atoms in total. The van der Waals surface area contributed by atoms with Crippen LogP contribution in [-0.2, 0) is 30.5 Å². The fourth-order valence-electron chi connectivity index (χ4n) is 7.02. The normalized spacial score (nSPS) is 17.2. The second kappa shape index (κ2) is 14.6. The number of carboxylic acid groups (broad SMARTS) is 1. The first kappa shape index (κ1) is 36.1. The molecule has 5 aromatic rings. The molecule has 1 saturated heterocycles. The van der Waals surface area contributed by atoms with E-state index >= 15 is 0 Å². The topological polar surface area (TPSA) is 170 Å². The fraction of sp³-hybridized carbons (Fsp3) is 0.324. The Morgan fingerprint density at radius 3 is 2.62 bits per heavy atom. The van der Waals surface area contributed by atoms with Crippen LogP contribution in [0.2, 0.25) is 5.02 Å². The van der Waals surface area contributed by atoms with Crippen molar-refractivity contribution in [2.45, 2.75) is 50.7 Å². The Labute approximate surface area is 306 Å². The second-order valence-electron chi connectivity index (χ2n) is 12.9. The van der Waals surface area contributed by atoms with E-state index in [9.17, 15) is 28.3 Å². The number of anilines is 1. The maximum Gasteiger partial charge on any atom is 0.437 e. The van der Waals surface area contributed by atoms with Crippen molar-refractivity contribution in [3.63, 3.8) is 0 Å². The number of benzene rings is 3. The third kappa shape index (κ3) is 7.36. The number of nitrogens with one attached hydrogen (secondary N) is 2. The highest BCUT2D eigenvalue weighted by molar-refractivity contribution is 6.36. The number of hydrogen-bond acceptors (Lipinski definition) is 11. The van der Waals surface area contributed by atoms with Gasteiger partial charge in [0.1, 0.15) is 17.3 Å². The minimum absolute atomic E-state index is 0.0235. The van der Waals surface area contributed by atoms with E-state index < -0.39 is 35.8 Å². The molecule has 274 valence electrons. The molecule has 1 aliphatic heterocycles. The van der Waals surface area contributed by atoms with Crippen molar-refractivity contribution in [1.29, 1.82) is 5.26 Å². The monoisotopic (exact) mass is 747 g/mol. The molecule has 0 unspecified atom stereocenters. The number of ether oxygens (including phenoxy) is 1. The number of aliphatic carboxylic acids is 1. The number of carbonyl (C=O) groups is 1. The summed E-state index contributed by atoms with van der Waals surface area (Å²) < 4.78 is 54.7. The maximum absolute atomic E-state index is 14.4. The van der Waals surface area contributed by atoms with Gasteiger partial charge in [0, 0.05) is 31.7 Å². The number of fused-ring (bicyclic) bond motifs is 2. The molecule has 3 aromatic carbocycles. The molecule has 0 radical (unpaired) electrons. The Morgan fingerprint density at radius 2 is 1.91 bits per heavy atom. The molecular weight excluding hydrogens is 715 g/mol. The summed E-state index contributed by atoms with van der Waals surface area (Å²) in [5, 5.41) is 34.8. The van der Waals surface area contributed by atoms with Gasteiger partial charge in [-0.25, -0.2) is 9.97 Å². The summed E-state index contributed by atoms with van der Waals surface area (Å²) in [6.45, 7) is 0.866. The summed E-state index contributed by atoms with van der Waals surface area (Å²) in [5.74, 6) is -1.28. The van der Waals surface area contributed by atoms with Gasteiger partial charge in [0.05, 0.1) is 41.9 Å². The molecule has 1 fully saturated rings. The van der Waals surface area contributed by atoms with Crippen LogP contribution >= 0.6 is 11.6 Å². The van der Waals surface area contributed by atoms with E-state index in [4.69, 9.17) is 25.9 Å². The van der Waals surface area contributed by atoms with Crippen LogP contribution in [0.4, 0.5) is 19.0 Å². The van der Waals surface area contributed by atoms with Crippen LogP contribution in [0, 0.1) is 11.3 Å². The summed E-state index contributed by atoms with van der Waals surface area (Å²) in [5.41, 5.74) is 4.08. The number of rotatable bonds is 11. The quantitative estimate of drug-likeness (QED) is 0.118. The number of halogens is 4. The van der Waals surface area contributed by atoms with E-state index in [-0.39, 0.29) is 48.2 Å². The summed E-state index contributed by atoms with van der Waals surface area (Å²) >= 11 is 7.04. The highest BCUT2D eigenvalue weighted by Crippen LogP contribution is 2.45. The van der Waals surface area contributed by atoms with Gasteiger partial charge in [-0.3, -0.25) is 9.69 Å². The standard InChI is InChI=1S/C37H33ClF3N7O5/c1-52-36-29(18-48-11-10-21(49)17-48)44-33(37(39,40)41)34(47-36)45-27-9-8-23-22(4-2-5-24(23)27)25-6-3-7-26(31(25)38)35-46-28-13-19(15-43-16-30(50)51)12-20(14-42)32(28)53-35/h2-7,12-13,21,27,43,49H,8-11,15-18H2,1H3,(H,45,47)(H,50,51)/t21-,27-/m1/s1. The van der Waals surface area contributed by atoms with Gasteiger partial charge in [0.2, 0.25) is 11.8 Å². The molecule has 7 rings (SSSR count). The highest BCUT2D eigenvalue weighted by Gasteiger charge is 2.40. The predicted molar refractivity (Wildman–Crippen MR) is 188 cm³/mol. The molecule has 2 aromatic heterocycles. The lowest BCUT2D eigenvalue weighted by Gasteiger charge is -2.22. The van der Waals surface area contributed by atoms with Gasteiger partial charge in [-0.2, -0.15) is 23.4 Å². The third-order valence-corrected chi connectivity index (χ3v) is 9.80. The molecule has 0 spiro atoms. The number of nitrogens with zero attached hydrogens (tertiary/aromatic N) is 5. The molecular formula is C37H33ClF3N7O5. The largest absolute Gasteiger partial charge is 0.480 e. The smallest absolute Gasteiger partial charge is 0.437 e. The zero-order valence-electron chi connectivity index (χ0n) is 28.3. The van der Waals surface area contributed by atoms with Crippen molar-refractivity contribution in [1.82, 2.24) is 25.2 Å². The molecule has 16 heteroatoms. The molecule has 0 saturated carbocycles. The summed E-state index contributed by atoms with van der Waals surface area (Å²) in [7, 11) is 1.33. The average molecular weight is 748 g/mol. The number of oxazole rings is 1. The number of nitriles is 1. The highest BCUT2D eigenvalue weighted by atomic mass is 35.5. The molecule has 2 aliphatic rings. The number of alkyl halides is 3. The Hall–Kier alpha value is -5.27. The Morgan fingerprint density at radius 1 is 1.13 bits per heavy atom. The van der Waals surface area contributed by atoms with Crippen molar-refractivity contribution in [2.24, 2.45) is 0 Å². The van der Waals surface area contributed by atoms with Gasteiger partial charge in [0.25, 0.3) is 0 Å². The lowest BCUT2D eigenvalue weighted by Crippen LogP contribution is -2.25. The van der Waals surface area contributed by atoms with Crippen molar-refractivity contribution in [3.05, 3.63) is 87.2 Å². The van der Waals surface area contributed by atoms with Crippen LogP contribution in [0.5, 0.6) is 5.88 Å². The van der Waals surface area contributed by atoms with Gasteiger partial charge in [-0.15, -0.1) is 0 Å². The Bertz CT molecular complexity index is 2260. The van der Waals surface area contributed by atoms with Crippen LogP contribution in [0.25, 0.3) is 33.7 Å². The minimum Gasteiger partial charge on any atom is -0.480 e. The van der Waals surface area contributed by atoms with E-state index in [1.807, 2.05) is 29.2 Å². The number of methoxy groups -OCH3 is 1. The van der Waals surface area contributed by atoms with Crippen LogP contribution in [-0.4, -0.2) is 68.9 Å². The third-order valence-electron chi connectivity index (χ3n) is 9.39. The van der Waals surface area contributed by atoms with Gasteiger partial charge < -0.3 is 30.0 Å². The van der Waals surface area contributed by atoms with Gasteiger partial charge >= 0.3 is 12.1 Å². The summed E-state index contributed by atoms with van der Waals surface area (Å²) in [6, 6.07) is 15.9. The number of hydrogen-bond donors (Lipinski definition) is 4. The molecule has 4 N–H and O–H groups in total. The van der Waals surface area contributed by atoms with Crippen LogP contribution < -0.4 is 15.4 Å². The molecule has 1 aliphatic carbocycles. The van der Waals surface area contributed by atoms with Gasteiger partial charge in [-0.05, 0) is 59.7 Å². The Balaban J connectivity index is 1.19. The lowest BCUT2D eigenvalue weighted by atomic mass is 9.95. The van der Waals surface area contributed by atoms with E-state index in [0.717, 1.165) is 16.7 Å². The number of aromatic nitrogens is 3. The summed E-state index contributed by atoms with van der Waals surface area (Å²) in [4.78, 5) is 25.6. The van der Waals surface area contributed by atoms with Crippen LogP contribution in [0.1, 0.15) is 52.5 Å². The molecule has 3 heterocycles. The number of aliphatic hydroxyl groups is 1. The number of β-amino-alcohol motifs (C(OH)–C–C–N with tert-alkyl or cyclic N) is 1. The van der Waals surface area contributed by atoms with Gasteiger partial charge in [-0.1, -0.05) is 41.9 Å². The molecule has 0 amide bonds. The van der Waals surface area contributed by atoms with Crippen LogP contribution in [0.3, 0.4) is 0 Å². The predicted octanol–water partition coefficient (Wildman–Crippen LogP) is 6.34. The van der Waals surface area contributed by atoms with E-state index in [0.29, 0.717) is 59.6 Å². The number of carboxylic acids is 1. The first-order valence-electron chi connectivity index (χ1n) is 16.8. The van der Waals surface area contributed by atoms with Crippen LogP contribution in [0.15, 0.2) is 52.9 Å². The van der Waals surface area contributed by atoms with Crippen molar-refractivity contribution in [3.8, 4) is 34.5 Å². The molecule has 2 atom stereocenters. The molecule has 53 heavy (non-hydrogen) atoms. The Kier molecular flexibility index (Phi) is 9.97. The second-order valence-corrected chi connectivity index (χ2v) is 13.3. The fourth-order valence-corrected chi connectivity index (χ4v) is 7.33. The maximum atomic E-state index is 14.4. The molecule has 0 bridgehead atoms. The van der Waals surface area contributed by atoms with E-state index in [2.05, 4.69) is 31.7 Å². The van der Waals surface area contributed by atoms with Crippen molar-refractivity contribution in [2.75, 3.05) is 32.1 Å². The minimum atomic E-state index is -4.80. The number of likely N-dealkylation sites (tertiary alicyclic amines) is 1. The average Bonchev–Trinajstić information content (AvgIpc) is 3.86. The summed E-state index contributed by atoms with van der Waals surface area (Å²) in [6.07, 6.45) is -3.80. The first-order valence-corrected chi connectivity index (χ1v) is 17.2. The van der Waals surface area contributed by atoms with Gasteiger partial charge in [0.15, 0.2) is 17.1 Å². The zero-order chi connectivity index (χ0) is 37.4. The zero-order valence-corrected chi connectivity index (χ0v) is 29.1. The van der Waals surface area contributed by atoms with E-state index in [1.165, 1.54) is 7.11 Å². The van der Waals surface area contributed by atoms with E-state index in [1.54, 1.807) is 24.3 Å². The SMILES string of the molecule is COc1nc(N[C@@H]2CCc3c(-c4cccc(-c5nc6cc(CNCC(=O)O)cc(C#N)c6o5)c4Cl)cccc32)c(C(F)(F)F)nc1CN1CC[C@@H](O)C1.